The molecule has 0 aliphatic carbocycles. The van der Waals surface area contributed by atoms with E-state index in [-0.39, 0.29) is 5.91 Å². The molecule has 0 radical (unpaired) electrons. The summed E-state index contributed by atoms with van der Waals surface area (Å²) in [5, 5.41) is 0. The van der Waals surface area contributed by atoms with Gasteiger partial charge in [0.15, 0.2) is 0 Å². The number of halogens is 1. The number of carbonyl (C=O) groups excluding carboxylic acids is 2. The Bertz CT molecular complexity index is 948. The van der Waals surface area contributed by atoms with E-state index in [0.717, 1.165) is 27.9 Å². The second kappa shape index (κ2) is 7.06. The molecule has 6 nitrogen and oxygen atoms in total. The zero-order chi connectivity index (χ0) is 18.0. The highest BCUT2D eigenvalue weighted by molar-refractivity contribution is 9.10. The van der Waals surface area contributed by atoms with E-state index >= 15 is 0 Å². The number of hydrogen-bond acceptors (Lipinski definition) is 3. The Morgan fingerprint density at radius 1 is 1.04 bits per heavy atom. The van der Waals surface area contributed by atoms with Gasteiger partial charge in [-0.3, -0.25) is 20.4 Å². The number of hydrogen-bond donors (Lipinski definition) is 2. The Hall–Kier alpha value is -2.67. The fourth-order valence-electron chi connectivity index (χ4n) is 2.65. The summed E-state index contributed by atoms with van der Waals surface area (Å²) in [5.74, 6) is 0.127. The molecule has 2 amide bonds. The lowest BCUT2D eigenvalue weighted by Gasteiger charge is -2.08. The molecule has 3 aromatic rings. The number of nitrogens with zero attached hydrogens (tertiary/aromatic N) is 2. The molecule has 2 aromatic carbocycles. The molecule has 2 N–H and O–H groups in total. The van der Waals surface area contributed by atoms with Crippen LogP contribution < -0.4 is 10.9 Å². The van der Waals surface area contributed by atoms with E-state index in [9.17, 15) is 9.59 Å². The number of nitrogens with one attached hydrogen (secondary N) is 2. The van der Waals surface area contributed by atoms with Crippen LogP contribution in [0.15, 0.2) is 46.9 Å². The van der Waals surface area contributed by atoms with Crippen molar-refractivity contribution in [3.05, 3.63) is 63.9 Å². The number of aryl methyl sites for hydroxylation is 2. The fraction of sp³-hybridized carbons (Fsp3) is 0.167. The molecule has 0 aliphatic heterocycles. The Labute approximate surface area is 153 Å². The minimum absolute atomic E-state index is 0.381. The number of fused-ring (bicyclic) bond motifs is 1. The van der Waals surface area contributed by atoms with Gasteiger partial charge in [-0.1, -0.05) is 15.9 Å². The molecule has 0 saturated heterocycles. The number of carbonyl (C=O) groups is 2. The average Bonchev–Trinajstić information content (AvgIpc) is 2.93. The molecule has 0 bridgehead atoms. The van der Waals surface area contributed by atoms with Crippen molar-refractivity contribution < 1.29 is 9.59 Å². The summed E-state index contributed by atoms with van der Waals surface area (Å²) < 4.78 is 2.95. The SMILES string of the molecule is CCn1c(C)nc2cc(C(=O)NNC(=O)c3ccc(Br)cc3)ccc21. The lowest BCUT2D eigenvalue weighted by Crippen LogP contribution is -2.41. The predicted octanol–water partition coefficient (Wildman–Crippen LogP) is 3.20. The van der Waals surface area contributed by atoms with Gasteiger partial charge in [0.2, 0.25) is 0 Å². The first-order chi connectivity index (χ1) is 12.0. The van der Waals surface area contributed by atoms with Gasteiger partial charge >= 0.3 is 0 Å². The third kappa shape index (κ3) is 3.56. The van der Waals surface area contributed by atoms with Crippen LogP contribution in [0.25, 0.3) is 11.0 Å². The standard InChI is InChI=1S/C18H17BrN4O2/c1-3-23-11(2)20-15-10-13(6-9-16(15)23)18(25)22-21-17(24)12-4-7-14(19)8-5-12/h4-10H,3H2,1-2H3,(H,21,24)(H,22,25). The van der Waals surface area contributed by atoms with Crippen LogP contribution in [0.5, 0.6) is 0 Å². The summed E-state index contributed by atoms with van der Waals surface area (Å²) in [5.41, 5.74) is 7.47. The summed E-state index contributed by atoms with van der Waals surface area (Å²) >= 11 is 3.31. The number of benzene rings is 2. The Balaban J connectivity index is 1.71. The number of imidazole rings is 1. The van der Waals surface area contributed by atoms with Gasteiger partial charge in [-0.05, 0) is 56.3 Å². The third-order valence-electron chi connectivity index (χ3n) is 3.91. The minimum atomic E-state index is -0.393. The van der Waals surface area contributed by atoms with Crippen molar-refractivity contribution in [3.8, 4) is 0 Å². The van der Waals surface area contributed by atoms with Crippen LogP contribution in [0.1, 0.15) is 33.5 Å². The highest BCUT2D eigenvalue weighted by Gasteiger charge is 2.12. The maximum atomic E-state index is 12.3. The van der Waals surface area contributed by atoms with Crippen LogP contribution in [0.2, 0.25) is 0 Å². The van der Waals surface area contributed by atoms with E-state index in [1.807, 2.05) is 19.9 Å². The first-order valence-corrected chi connectivity index (χ1v) is 8.62. The van der Waals surface area contributed by atoms with Gasteiger partial charge in [-0.2, -0.15) is 0 Å². The molecule has 1 heterocycles. The monoisotopic (exact) mass is 400 g/mol. The van der Waals surface area contributed by atoms with Gasteiger partial charge in [0.05, 0.1) is 11.0 Å². The van der Waals surface area contributed by atoms with Gasteiger partial charge < -0.3 is 4.57 Å². The van der Waals surface area contributed by atoms with Crippen LogP contribution in [0.4, 0.5) is 0 Å². The molecule has 0 unspecified atom stereocenters. The summed E-state index contributed by atoms with van der Waals surface area (Å²) in [4.78, 5) is 28.8. The first-order valence-electron chi connectivity index (χ1n) is 7.82. The largest absolute Gasteiger partial charge is 0.329 e. The summed E-state index contributed by atoms with van der Waals surface area (Å²) in [6.45, 7) is 4.80. The van der Waals surface area contributed by atoms with Crippen molar-refractivity contribution in [3.63, 3.8) is 0 Å². The lowest BCUT2D eigenvalue weighted by molar-refractivity contribution is 0.0847. The van der Waals surface area contributed by atoms with Crippen LogP contribution >= 0.6 is 15.9 Å². The molecule has 0 spiro atoms. The lowest BCUT2D eigenvalue weighted by atomic mass is 10.2. The smallest absolute Gasteiger partial charge is 0.269 e. The summed E-state index contributed by atoms with van der Waals surface area (Å²) in [7, 11) is 0. The van der Waals surface area contributed by atoms with Crippen molar-refractivity contribution >= 4 is 38.8 Å². The van der Waals surface area contributed by atoms with Crippen LogP contribution in [-0.2, 0) is 6.54 Å². The number of rotatable bonds is 3. The third-order valence-corrected chi connectivity index (χ3v) is 4.44. The molecule has 0 fully saturated rings. The minimum Gasteiger partial charge on any atom is -0.329 e. The molecule has 0 aliphatic rings. The Morgan fingerprint density at radius 2 is 1.64 bits per heavy atom. The molecule has 1 aromatic heterocycles. The number of aromatic nitrogens is 2. The van der Waals surface area contributed by atoms with E-state index in [1.165, 1.54) is 0 Å². The summed E-state index contributed by atoms with van der Waals surface area (Å²) in [6.07, 6.45) is 0. The second-order valence-electron chi connectivity index (χ2n) is 5.52. The molecule has 128 valence electrons. The number of hydrazine groups is 1. The maximum absolute atomic E-state index is 12.3. The van der Waals surface area contributed by atoms with Crippen molar-refractivity contribution in [1.82, 2.24) is 20.4 Å². The first kappa shape index (κ1) is 17.2. The van der Waals surface area contributed by atoms with Crippen LogP contribution in [0.3, 0.4) is 0 Å². The van der Waals surface area contributed by atoms with E-state index in [0.29, 0.717) is 11.1 Å². The quantitative estimate of drug-likeness (QED) is 0.662. The molecule has 0 saturated carbocycles. The van der Waals surface area contributed by atoms with Gasteiger partial charge in [-0.25, -0.2) is 4.98 Å². The van der Waals surface area contributed by atoms with Gasteiger partial charge in [0, 0.05) is 22.1 Å². The highest BCUT2D eigenvalue weighted by Crippen LogP contribution is 2.17. The zero-order valence-corrected chi connectivity index (χ0v) is 15.4. The second-order valence-corrected chi connectivity index (χ2v) is 6.44. The Morgan fingerprint density at radius 3 is 2.28 bits per heavy atom. The van der Waals surface area contributed by atoms with Crippen molar-refractivity contribution in [2.24, 2.45) is 0 Å². The summed E-state index contributed by atoms with van der Waals surface area (Å²) in [6, 6.07) is 12.2. The maximum Gasteiger partial charge on any atom is 0.269 e. The Kier molecular flexibility index (Phi) is 4.85. The van der Waals surface area contributed by atoms with E-state index < -0.39 is 5.91 Å². The van der Waals surface area contributed by atoms with Crippen LogP contribution in [0, 0.1) is 6.92 Å². The van der Waals surface area contributed by atoms with Crippen molar-refractivity contribution in [2.45, 2.75) is 20.4 Å². The fourth-order valence-corrected chi connectivity index (χ4v) is 2.91. The van der Waals surface area contributed by atoms with Gasteiger partial charge in [0.25, 0.3) is 11.8 Å². The molecular formula is C18H17BrN4O2. The topological polar surface area (TPSA) is 76.0 Å². The molecule has 3 rings (SSSR count). The predicted molar refractivity (Wildman–Crippen MR) is 99.2 cm³/mol. The average molecular weight is 401 g/mol. The zero-order valence-electron chi connectivity index (χ0n) is 13.8. The highest BCUT2D eigenvalue weighted by atomic mass is 79.9. The van der Waals surface area contributed by atoms with E-state index in [2.05, 4.69) is 36.3 Å². The van der Waals surface area contributed by atoms with E-state index in [4.69, 9.17) is 0 Å². The van der Waals surface area contributed by atoms with Crippen molar-refractivity contribution in [1.29, 1.82) is 0 Å². The van der Waals surface area contributed by atoms with Gasteiger partial charge in [-0.15, -0.1) is 0 Å². The molecule has 25 heavy (non-hydrogen) atoms. The van der Waals surface area contributed by atoms with Crippen molar-refractivity contribution in [2.75, 3.05) is 0 Å². The molecule has 0 atom stereocenters. The van der Waals surface area contributed by atoms with Crippen LogP contribution in [-0.4, -0.2) is 21.4 Å². The normalized spacial score (nSPS) is 10.7. The number of amides is 2. The molecular weight excluding hydrogens is 384 g/mol. The molecule has 7 heteroatoms. The van der Waals surface area contributed by atoms with E-state index in [1.54, 1.807) is 36.4 Å². The van der Waals surface area contributed by atoms with Gasteiger partial charge in [0.1, 0.15) is 5.82 Å².